The molecule has 1 atom stereocenters. The van der Waals surface area contributed by atoms with E-state index < -0.39 is 0 Å². The van der Waals surface area contributed by atoms with E-state index in [9.17, 15) is 4.79 Å². The Bertz CT molecular complexity index is 405. The molecule has 4 nitrogen and oxygen atoms in total. The van der Waals surface area contributed by atoms with Crippen molar-refractivity contribution in [1.29, 1.82) is 0 Å². The first kappa shape index (κ1) is 11.9. The highest BCUT2D eigenvalue weighted by Gasteiger charge is 2.26. The van der Waals surface area contributed by atoms with Crippen LogP contribution in [0.3, 0.4) is 0 Å². The molecule has 1 saturated heterocycles. The number of rotatable bonds is 2. The Kier molecular flexibility index (Phi) is 3.64. The molecule has 4 heteroatoms. The molecule has 1 aliphatic rings. The monoisotopic (exact) mass is 233 g/mol. The van der Waals surface area contributed by atoms with E-state index in [0.29, 0.717) is 17.8 Å². The number of hydrogen-bond donors (Lipinski definition) is 2. The predicted molar refractivity (Wildman–Crippen MR) is 68.6 cm³/mol. The molecule has 0 aliphatic carbocycles. The van der Waals surface area contributed by atoms with E-state index in [-0.39, 0.29) is 11.9 Å². The van der Waals surface area contributed by atoms with Crippen LogP contribution in [0.15, 0.2) is 24.3 Å². The zero-order valence-electron chi connectivity index (χ0n) is 9.93. The maximum absolute atomic E-state index is 12.3. The van der Waals surface area contributed by atoms with Crippen molar-refractivity contribution in [1.82, 2.24) is 4.90 Å². The van der Waals surface area contributed by atoms with Crippen LogP contribution in [0.5, 0.6) is 0 Å². The van der Waals surface area contributed by atoms with Gasteiger partial charge >= 0.3 is 0 Å². The molecule has 0 aromatic heterocycles. The van der Waals surface area contributed by atoms with Gasteiger partial charge in [-0.2, -0.15) is 0 Å². The van der Waals surface area contributed by atoms with E-state index in [0.717, 1.165) is 25.8 Å². The van der Waals surface area contributed by atoms with E-state index >= 15 is 0 Å². The van der Waals surface area contributed by atoms with Gasteiger partial charge in [0.2, 0.25) is 0 Å². The van der Waals surface area contributed by atoms with Crippen LogP contribution in [0.2, 0.25) is 0 Å². The van der Waals surface area contributed by atoms with Crippen molar-refractivity contribution < 1.29 is 4.79 Å². The van der Waals surface area contributed by atoms with Gasteiger partial charge in [-0.25, -0.2) is 0 Å². The van der Waals surface area contributed by atoms with Crippen LogP contribution in [0.25, 0.3) is 0 Å². The molecule has 1 unspecified atom stereocenters. The minimum atomic E-state index is 0.0486. The first-order valence-electron chi connectivity index (χ1n) is 6.09. The Morgan fingerprint density at radius 2 is 2.24 bits per heavy atom. The van der Waals surface area contributed by atoms with E-state index in [2.05, 4.69) is 0 Å². The normalized spacial score (nSPS) is 20.3. The summed E-state index contributed by atoms with van der Waals surface area (Å²) in [7, 11) is 0. The van der Waals surface area contributed by atoms with Gasteiger partial charge in [0.15, 0.2) is 0 Å². The Labute approximate surface area is 102 Å². The lowest BCUT2D eigenvalue weighted by molar-refractivity contribution is 0.0623. The number of likely N-dealkylation sites (tertiary alicyclic amines) is 1. The number of nitrogen functional groups attached to an aromatic ring is 1. The smallest absolute Gasteiger partial charge is 0.254 e. The van der Waals surface area contributed by atoms with Crippen molar-refractivity contribution in [3.8, 4) is 0 Å². The second kappa shape index (κ2) is 5.19. The molecule has 1 aromatic carbocycles. The summed E-state index contributed by atoms with van der Waals surface area (Å²) in [5, 5.41) is 0. The number of carbonyl (C=O) groups excluding carboxylic acids is 1. The van der Waals surface area contributed by atoms with Crippen molar-refractivity contribution in [2.75, 3.05) is 18.8 Å². The molecule has 1 aromatic rings. The van der Waals surface area contributed by atoms with Crippen molar-refractivity contribution in [3.05, 3.63) is 29.8 Å². The summed E-state index contributed by atoms with van der Waals surface area (Å²) < 4.78 is 0. The van der Waals surface area contributed by atoms with E-state index in [1.807, 2.05) is 11.0 Å². The standard InChI is InChI=1S/C13H19N3O/c14-9-12-6-1-2-7-16(12)13(17)10-4-3-5-11(15)8-10/h3-5,8,12H,1-2,6-7,9,14-15H2. The van der Waals surface area contributed by atoms with Crippen LogP contribution < -0.4 is 11.5 Å². The number of carbonyl (C=O) groups is 1. The van der Waals surface area contributed by atoms with Gasteiger partial charge in [0.05, 0.1) is 0 Å². The number of nitrogens with zero attached hydrogens (tertiary/aromatic N) is 1. The van der Waals surface area contributed by atoms with E-state index in [1.54, 1.807) is 18.2 Å². The molecule has 92 valence electrons. The van der Waals surface area contributed by atoms with Crippen molar-refractivity contribution in [2.24, 2.45) is 5.73 Å². The van der Waals surface area contributed by atoms with Gasteiger partial charge in [-0.1, -0.05) is 6.07 Å². The van der Waals surface area contributed by atoms with Crippen LogP contribution in [0.4, 0.5) is 5.69 Å². The fourth-order valence-corrected chi connectivity index (χ4v) is 2.35. The number of benzene rings is 1. The lowest BCUT2D eigenvalue weighted by Gasteiger charge is -2.35. The van der Waals surface area contributed by atoms with Crippen LogP contribution in [0.1, 0.15) is 29.6 Å². The Balaban J connectivity index is 2.18. The number of amides is 1. The zero-order valence-corrected chi connectivity index (χ0v) is 9.93. The SMILES string of the molecule is NCC1CCCCN1C(=O)c1cccc(N)c1. The number of anilines is 1. The van der Waals surface area contributed by atoms with Gasteiger partial charge in [-0.05, 0) is 37.5 Å². The predicted octanol–water partition coefficient (Wildman–Crippen LogP) is 1.22. The maximum atomic E-state index is 12.3. The summed E-state index contributed by atoms with van der Waals surface area (Å²) in [5.41, 5.74) is 12.7. The summed E-state index contributed by atoms with van der Waals surface area (Å²) >= 11 is 0. The van der Waals surface area contributed by atoms with Crippen molar-refractivity contribution in [2.45, 2.75) is 25.3 Å². The molecule has 1 fully saturated rings. The topological polar surface area (TPSA) is 72.3 Å². The van der Waals surface area contributed by atoms with Crippen LogP contribution in [0, 0.1) is 0 Å². The van der Waals surface area contributed by atoms with Gasteiger partial charge < -0.3 is 16.4 Å². The second-order valence-electron chi connectivity index (χ2n) is 4.51. The molecule has 0 spiro atoms. The highest BCUT2D eigenvalue weighted by molar-refractivity contribution is 5.95. The third kappa shape index (κ3) is 2.58. The molecule has 0 saturated carbocycles. The second-order valence-corrected chi connectivity index (χ2v) is 4.51. The molecular weight excluding hydrogens is 214 g/mol. The Morgan fingerprint density at radius 3 is 2.94 bits per heavy atom. The fourth-order valence-electron chi connectivity index (χ4n) is 2.35. The van der Waals surface area contributed by atoms with Crippen LogP contribution >= 0.6 is 0 Å². The lowest BCUT2D eigenvalue weighted by atomic mass is 10.0. The fraction of sp³-hybridized carbons (Fsp3) is 0.462. The summed E-state index contributed by atoms with van der Waals surface area (Å²) in [5.74, 6) is 0.0486. The summed E-state index contributed by atoms with van der Waals surface area (Å²) in [4.78, 5) is 14.2. The lowest BCUT2D eigenvalue weighted by Crippen LogP contribution is -2.47. The van der Waals surface area contributed by atoms with Gasteiger partial charge in [0, 0.05) is 30.4 Å². The minimum absolute atomic E-state index is 0.0486. The number of hydrogen-bond acceptors (Lipinski definition) is 3. The average molecular weight is 233 g/mol. The number of nitrogens with two attached hydrogens (primary N) is 2. The molecular formula is C13H19N3O. The molecule has 2 rings (SSSR count). The third-order valence-corrected chi connectivity index (χ3v) is 3.29. The molecule has 1 aliphatic heterocycles. The molecule has 4 N–H and O–H groups in total. The molecule has 0 bridgehead atoms. The zero-order chi connectivity index (χ0) is 12.3. The molecule has 17 heavy (non-hydrogen) atoms. The number of piperidine rings is 1. The quantitative estimate of drug-likeness (QED) is 0.754. The Morgan fingerprint density at radius 1 is 1.41 bits per heavy atom. The molecule has 1 amide bonds. The highest BCUT2D eigenvalue weighted by atomic mass is 16.2. The third-order valence-electron chi connectivity index (χ3n) is 3.29. The maximum Gasteiger partial charge on any atom is 0.254 e. The molecule has 1 heterocycles. The van der Waals surface area contributed by atoms with Gasteiger partial charge in [-0.3, -0.25) is 4.79 Å². The summed E-state index contributed by atoms with van der Waals surface area (Å²) in [6, 6.07) is 7.31. The molecule has 0 radical (unpaired) electrons. The van der Waals surface area contributed by atoms with E-state index in [4.69, 9.17) is 11.5 Å². The first-order valence-corrected chi connectivity index (χ1v) is 6.09. The minimum Gasteiger partial charge on any atom is -0.399 e. The highest BCUT2D eigenvalue weighted by Crippen LogP contribution is 2.19. The Hall–Kier alpha value is -1.55. The van der Waals surface area contributed by atoms with Crippen LogP contribution in [-0.4, -0.2) is 29.9 Å². The first-order chi connectivity index (χ1) is 8.22. The van der Waals surface area contributed by atoms with Crippen LogP contribution in [-0.2, 0) is 0 Å². The van der Waals surface area contributed by atoms with Gasteiger partial charge in [-0.15, -0.1) is 0 Å². The van der Waals surface area contributed by atoms with E-state index in [1.165, 1.54) is 0 Å². The van der Waals surface area contributed by atoms with Crippen molar-refractivity contribution >= 4 is 11.6 Å². The summed E-state index contributed by atoms with van der Waals surface area (Å²) in [6.45, 7) is 1.34. The summed E-state index contributed by atoms with van der Waals surface area (Å²) in [6.07, 6.45) is 3.22. The average Bonchev–Trinajstić information content (AvgIpc) is 2.38. The van der Waals surface area contributed by atoms with Gasteiger partial charge in [0.1, 0.15) is 0 Å². The van der Waals surface area contributed by atoms with Crippen molar-refractivity contribution in [3.63, 3.8) is 0 Å². The van der Waals surface area contributed by atoms with Gasteiger partial charge in [0.25, 0.3) is 5.91 Å². The largest absolute Gasteiger partial charge is 0.399 e.